The van der Waals surface area contributed by atoms with E-state index in [1.807, 2.05) is 11.8 Å². The average molecular weight is 235 g/mol. The van der Waals surface area contributed by atoms with Gasteiger partial charge >= 0.3 is 0 Å². The Balaban J connectivity index is 2.13. The summed E-state index contributed by atoms with van der Waals surface area (Å²) in [6.07, 6.45) is 3.72. The molecule has 1 heterocycles. The minimum Gasteiger partial charge on any atom is -0.371 e. The molecule has 1 aliphatic heterocycles. The van der Waals surface area contributed by atoms with Gasteiger partial charge in [-0.2, -0.15) is 0 Å². The van der Waals surface area contributed by atoms with E-state index in [-0.39, 0.29) is 0 Å². The minimum absolute atomic E-state index is 1.20. The fraction of sp³-hybridized carbons (Fsp3) is 0.571. The second-order valence-corrected chi connectivity index (χ2v) is 5.54. The largest absolute Gasteiger partial charge is 0.371 e. The first kappa shape index (κ1) is 11.8. The summed E-state index contributed by atoms with van der Waals surface area (Å²) in [6.45, 7) is 6.91. The SMILES string of the molecule is CCCSc1ccc2c(c1)N(CCC)CC2. The van der Waals surface area contributed by atoms with Crippen molar-refractivity contribution in [1.82, 2.24) is 0 Å². The molecule has 0 N–H and O–H groups in total. The summed E-state index contributed by atoms with van der Waals surface area (Å²) >= 11 is 1.98. The molecule has 2 heteroatoms. The van der Waals surface area contributed by atoms with Crippen LogP contribution in [0.1, 0.15) is 32.3 Å². The van der Waals surface area contributed by atoms with Crippen LogP contribution in [0.4, 0.5) is 5.69 Å². The van der Waals surface area contributed by atoms with Crippen molar-refractivity contribution in [3.63, 3.8) is 0 Å². The van der Waals surface area contributed by atoms with Crippen LogP contribution in [0.5, 0.6) is 0 Å². The number of hydrogen-bond acceptors (Lipinski definition) is 2. The van der Waals surface area contributed by atoms with E-state index in [0.29, 0.717) is 0 Å². The van der Waals surface area contributed by atoms with Crippen molar-refractivity contribution in [3.05, 3.63) is 23.8 Å². The highest BCUT2D eigenvalue weighted by molar-refractivity contribution is 7.99. The van der Waals surface area contributed by atoms with Crippen LogP contribution in [0.3, 0.4) is 0 Å². The molecule has 16 heavy (non-hydrogen) atoms. The van der Waals surface area contributed by atoms with Gasteiger partial charge in [0.15, 0.2) is 0 Å². The van der Waals surface area contributed by atoms with E-state index in [1.54, 1.807) is 0 Å². The Labute approximate surface area is 103 Å². The summed E-state index contributed by atoms with van der Waals surface area (Å²) < 4.78 is 0. The van der Waals surface area contributed by atoms with Crippen molar-refractivity contribution >= 4 is 17.4 Å². The number of nitrogens with zero attached hydrogens (tertiary/aromatic N) is 1. The topological polar surface area (TPSA) is 3.24 Å². The van der Waals surface area contributed by atoms with Gasteiger partial charge in [-0.1, -0.05) is 19.9 Å². The summed E-state index contributed by atoms with van der Waals surface area (Å²) in [6, 6.07) is 7.00. The van der Waals surface area contributed by atoms with Crippen molar-refractivity contribution in [2.75, 3.05) is 23.7 Å². The van der Waals surface area contributed by atoms with E-state index in [4.69, 9.17) is 0 Å². The molecule has 0 amide bonds. The molecule has 0 spiro atoms. The fourth-order valence-electron chi connectivity index (χ4n) is 2.24. The van der Waals surface area contributed by atoms with Crippen LogP contribution < -0.4 is 4.90 Å². The molecule has 0 radical (unpaired) electrons. The van der Waals surface area contributed by atoms with E-state index in [1.165, 1.54) is 54.3 Å². The van der Waals surface area contributed by atoms with Gasteiger partial charge in [0.05, 0.1) is 0 Å². The first-order valence-electron chi connectivity index (χ1n) is 6.35. The van der Waals surface area contributed by atoms with Crippen LogP contribution in [0.25, 0.3) is 0 Å². The molecule has 88 valence electrons. The molecule has 1 nitrogen and oxygen atoms in total. The molecule has 0 saturated heterocycles. The molecule has 0 bridgehead atoms. The third kappa shape index (κ3) is 2.54. The highest BCUT2D eigenvalue weighted by atomic mass is 32.2. The van der Waals surface area contributed by atoms with Crippen LogP contribution in [0, 0.1) is 0 Å². The van der Waals surface area contributed by atoms with Gasteiger partial charge in [-0.15, -0.1) is 11.8 Å². The first-order valence-corrected chi connectivity index (χ1v) is 7.34. The highest BCUT2D eigenvalue weighted by Crippen LogP contribution is 2.32. The van der Waals surface area contributed by atoms with E-state index in [9.17, 15) is 0 Å². The molecule has 0 saturated carbocycles. The maximum atomic E-state index is 2.53. The smallest absolute Gasteiger partial charge is 0.0410 e. The Bertz CT molecular complexity index is 347. The molecular formula is C14H21NS. The lowest BCUT2D eigenvalue weighted by molar-refractivity contribution is 0.796. The summed E-state index contributed by atoms with van der Waals surface area (Å²) in [5.74, 6) is 1.23. The zero-order valence-corrected chi connectivity index (χ0v) is 11.1. The van der Waals surface area contributed by atoms with Gasteiger partial charge in [0.2, 0.25) is 0 Å². The average Bonchev–Trinajstić information content (AvgIpc) is 2.70. The second kappa shape index (κ2) is 5.62. The van der Waals surface area contributed by atoms with Crippen molar-refractivity contribution in [2.45, 2.75) is 38.0 Å². The number of fused-ring (bicyclic) bond motifs is 1. The first-order chi connectivity index (χ1) is 7.85. The second-order valence-electron chi connectivity index (χ2n) is 4.38. The van der Waals surface area contributed by atoms with Crippen molar-refractivity contribution in [2.24, 2.45) is 0 Å². The lowest BCUT2D eigenvalue weighted by atomic mass is 10.2. The molecular weight excluding hydrogens is 214 g/mol. The predicted molar refractivity (Wildman–Crippen MR) is 73.7 cm³/mol. The van der Waals surface area contributed by atoms with Crippen LogP contribution in [0.15, 0.2) is 23.1 Å². The van der Waals surface area contributed by atoms with Gasteiger partial charge in [-0.05, 0) is 42.7 Å². The van der Waals surface area contributed by atoms with Gasteiger partial charge in [0, 0.05) is 23.7 Å². The normalized spacial score (nSPS) is 14.2. The number of anilines is 1. The van der Waals surface area contributed by atoms with Gasteiger partial charge in [-0.25, -0.2) is 0 Å². The zero-order chi connectivity index (χ0) is 11.4. The van der Waals surface area contributed by atoms with Crippen LogP contribution >= 0.6 is 11.8 Å². The summed E-state index contributed by atoms with van der Waals surface area (Å²) in [4.78, 5) is 3.97. The Hall–Kier alpha value is -0.630. The standard InChI is InChI=1S/C14H21NS/c1-3-8-15-9-7-12-5-6-13(11-14(12)15)16-10-4-2/h5-6,11H,3-4,7-10H2,1-2H3. The van der Waals surface area contributed by atoms with E-state index < -0.39 is 0 Å². The Morgan fingerprint density at radius 1 is 1.25 bits per heavy atom. The van der Waals surface area contributed by atoms with Crippen LogP contribution in [-0.4, -0.2) is 18.8 Å². The summed E-state index contributed by atoms with van der Waals surface area (Å²) in [5.41, 5.74) is 3.03. The maximum absolute atomic E-state index is 2.53. The lowest BCUT2D eigenvalue weighted by Crippen LogP contribution is -2.20. The van der Waals surface area contributed by atoms with Gasteiger partial charge in [-0.3, -0.25) is 0 Å². The number of thioether (sulfide) groups is 1. The predicted octanol–water partition coefficient (Wildman–Crippen LogP) is 3.96. The molecule has 0 unspecified atom stereocenters. The molecule has 0 atom stereocenters. The van der Waals surface area contributed by atoms with Crippen LogP contribution in [-0.2, 0) is 6.42 Å². The highest BCUT2D eigenvalue weighted by Gasteiger charge is 2.18. The van der Waals surface area contributed by atoms with E-state index in [0.717, 1.165) is 0 Å². The number of hydrogen-bond donors (Lipinski definition) is 0. The molecule has 0 aromatic heterocycles. The summed E-state index contributed by atoms with van der Waals surface area (Å²) in [7, 11) is 0. The Kier molecular flexibility index (Phi) is 4.16. The zero-order valence-electron chi connectivity index (χ0n) is 10.3. The van der Waals surface area contributed by atoms with Crippen molar-refractivity contribution in [1.29, 1.82) is 0 Å². The van der Waals surface area contributed by atoms with Crippen LogP contribution in [0.2, 0.25) is 0 Å². The monoisotopic (exact) mass is 235 g/mol. The van der Waals surface area contributed by atoms with Crippen molar-refractivity contribution in [3.8, 4) is 0 Å². The molecule has 2 rings (SSSR count). The van der Waals surface area contributed by atoms with Gasteiger partial charge in [0.1, 0.15) is 0 Å². The van der Waals surface area contributed by atoms with E-state index >= 15 is 0 Å². The fourth-order valence-corrected chi connectivity index (χ4v) is 3.04. The van der Waals surface area contributed by atoms with Gasteiger partial charge in [0.25, 0.3) is 0 Å². The molecule has 1 aromatic carbocycles. The quantitative estimate of drug-likeness (QED) is 0.711. The third-order valence-corrected chi connectivity index (χ3v) is 4.21. The molecule has 0 aliphatic carbocycles. The third-order valence-electron chi connectivity index (χ3n) is 3.01. The number of rotatable bonds is 5. The van der Waals surface area contributed by atoms with Gasteiger partial charge < -0.3 is 4.90 Å². The maximum Gasteiger partial charge on any atom is 0.0410 e. The Morgan fingerprint density at radius 2 is 2.12 bits per heavy atom. The van der Waals surface area contributed by atoms with Crippen molar-refractivity contribution < 1.29 is 0 Å². The van der Waals surface area contributed by atoms with E-state index in [2.05, 4.69) is 36.9 Å². The number of benzene rings is 1. The molecule has 1 aromatic rings. The molecule has 0 fully saturated rings. The summed E-state index contributed by atoms with van der Waals surface area (Å²) in [5, 5.41) is 0. The lowest BCUT2D eigenvalue weighted by Gasteiger charge is -2.18. The Morgan fingerprint density at radius 3 is 2.88 bits per heavy atom. The molecule has 1 aliphatic rings. The minimum atomic E-state index is 1.20.